The number of carbonyl (C=O) groups excluding carboxylic acids is 2. The second-order valence-electron chi connectivity index (χ2n) is 8.38. The van der Waals surface area contributed by atoms with Gasteiger partial charge in [0.2, 0.25) is 0 Å². The van der Waals surface area contributed by atoms with Crippen molar-refractivity contribution in [2.45, 2.75) is 32.9 Å². The molecule has 1 atom stereocenters. The fourth-order valence-corrected chi connectivity index (χ4v) is 3.90. The van der Waals surface area contributed by atoms with Gasteiger partial charge in [-0.05, 0) is 47.9 Å². The van der Waals surface area contributed by atoms with Gasteiger partial charge in [-0.1, -0.05) is 50.2 Å². The summed E-state index contributed by atoms with van der Waals surface area (Å²) in [5, 5.41) is 10.7. The second kappa shape index (κ2) is 9.69. The molecular formula is C27H26N2O4. The van der Waals surface area contributed by atoms with Gasteiger partial charge < -0.3 is 9.84 Å². The number of hydrogen-bond donors (Lipinski definition) is 1. The van der Waals surface area contributed by atoms with Gasteiger partial charge in [0.05, 0.1) is 11.3 Å². The molecule has 3 aromatic rings. The number of aliphatic hydroxyl groups is 1. The third kappa shape index (κ3) is 4.80. The van der Waals surface area contributed by atoms with Crippen molar-refractivity contribution in [3.05, 3.63) is 102 Å². The molecule has 6 heteroatoms. The molecule has 1 aromatic heterocycles. The Morgan fingerprint density at radius 1 is 1.03 bits per heavy atom. The molecular weight excluding hydrogens is 416 g/mol. The summed E-state index contributed by atoms with van der Waals surface area (Å²) >= 11 is 0. The van der Waals surface area contributed by atoms with Crippen molar-refractivity contribution in [3.8, 4) is 5.75 Å². The van der Waals surface area contributed by atoms with Crippen LogP contribution in [0.15, 0.2) is 90.3 Å². The van der Waals surface area contributed by atoms with Gasteiger partial charge in [-0.25, -0.2) is 0 Å². The first-order valence-corrected chi connectivity index (χ1v) is 10.9. The lowest BCUT2D eigenvalue weighted by atomic mass is 9.94. The molecule has 168 valence electrons. The first-order chi connectivity index (χ1) is 16.0. The molecule has 1 aliphatic heterocycles. The number of nitrogens with zero attached hydrogens (tertiary/aromatic N) is 2. The number of hydrogen-bond acceptors (Lipinski definition) is 5. The van der Waals surface area contributed by atoms with Crippen LogP contribution >= 0.6 is 0 Å². The molecule has 0 saturated carbocycles. The lowest BCUT2D eigenvalue weighted by Crippen LogP contribution is -2.31. The molecule has 0 bridgehead atoms. The molecule has 4 rings (SSSR count). The highest BCUT2D eigenvalue weighted by Crippen LogP contribution is 2.41. The average Bonchev–Trinajstić information content (AvgIpc) is 3.09. The Hall–Kier alpha value is -3.93. The largest absolute Gasteiger partial charge is 0.503 e. The third-order valence-corrected chi connectivity index (χ3v) is 5.43. The van der Waals surface area contributed by atoms with Crippen LogP contribution in [0.5, 0.6) is 5.75 Å². The third-order valence-electron chi connectivity index (χ3n) is 5.43. The number of pyridine rings is 1. The Morgan fingerprint density at radius 2 is 1.73 bits per heavy atom. The van der Waals surface area contributed by atoms with Crippen LogP contribution in [-0.4, -0.2) is 21.8 Å². The molecule has 1 unspecified atom stereocenters. The number of aromatic nitrogens is 1. The number of anilines is 1. The molecule has 2 aromatic carbocycles. The van der Waals surface area contributed by atoms with Gasteiger partial charge >= 0.3 is 0 Å². The first kappa shape index (κ1) is 22.3. The number of benzene rings is 2. The summed E-state index contributed by atoms with van der Waals surface area (Å²) in [5.74, 6) is -0.641. The fraction of sp³-hybridized carbons (Fsp3) is 0.222. The smallest absolute Gasteiger partial charge is 0.294 e. The van der Waals surface area contributed by atoms with Crippen LogP contribution in [0.1, 0.15) is 37.6 Å². The number of amides is 1. The molecule has 0 fully saturated rings. The molecule has 33 heavy (non-hydrogen) atoms. The molecule has 2 heterocycles. The van der Waals surface area contributed by atoms with Gasteiger partial charge in [0, 0.05) is 18.3 Å². The van der Waals surface area contributed by atoms with Crippen molar-refractivity contribution < 1.29 is 19.4 Å². The van der Waals surface area contributed by atoms with Crippen LogP contribution in [-0.2, 0) is 16.2 Å². The van der Waals surface area contributed by atoms with E-state index in [-0.39, 0.29) is 23.7 Å². The van der Waals surface area contributed by atoms with E-state index in [1.54, 1.807) is 48.7 Å². The minimum Gasteiger partial charge on any atom is -0.503 e. The van der Waals surface area contributed by atoms with Gasteiger partial charge in [-0.2, -0.15) is 0 Å². The van der Waals surface area contributed by atoms with Gasteiger partial charge in [-0.3, -0.25) is 19.5 Å². The summed E-state index contributed by atoms with van der Waals surface area (Å²) in [7, 11) is 0. The van der Waals surface area contributed by atoms with E-state index in [0.29, 0.717) is 23.7 Å². The van der Waals surface area contributed by atoms with Crippen molar-refractivity contribution >= 4 is 17.4 Å². The van der Waals surface area contributed by atoms with Crippen LogP contribution in [0.25, 0.3) is 0 Å². The molecule has 0 spiro atoms. The monoisotopic (exact) mass is 442 g/mol. The van der Waals surface area contributed by atoms with Crippen LogP contribution in [0.4, 0.5) is 5.69 Å². The van der Waals surface area contributed by atoms with E-state index in [1.807, 2.05) is 44.2 Å². The first-order valence-electron chi connectivity index (χ1n) is 10.9. The molecule has 1 amide bonds. The fourth-order valence-electron chi connectivity index (χ4n) is 3.90. The Kier molecular flexibility index (Phi) is 6.54. The standard InChI is InChI=1S/C27H26N2O4/c1-18(2)16-23(30)24-25(22-10-6-7-15-28-22)29(27(32)26(24)31)20-11-13-21(14-12-20)33-17-19-8-4-3-5-9-19/h3-15,18,25,31H,16-17H2,1-2H3. The van der Waals surface area contributed by atoms with E-state index in [1.165, 1.54) is 4.90 Å². The number of ketones is 1. The number of ether oxygens (including phenoxy) is 1. The van der Waals surface area contributed by atoms with E-state index in [2.05, 4.69) is 4.98 Å². The maximum absolute atomic E-state index is 13.1. The van der Waals surface area contributed by atoms with Crippen molar-refractivity contribution in [3.63, 3.8) is 0 Å². The number of carbonyl (C=O) groups is 2. The summed E-state index contributed by atoms with van der Waals surface area (Å²) in [5.41, 5.74) is 2.21. The van der Waals surface area contributed by atoms with Gasteiger partial charge in [0.15, 0.2) is 11.5 Å². The van der Waals surface area contributed by atoms with E-state index in [9.17, 15) is 14.7 Å². The minimum absolute atomic E-state index is 0.0902. The van der Waals surface area contributed by atoms with Crippen molar-refractivity contribution in [2.24, 2.45) is 5.92 Å². The highest BCUT2D eigenvalue weighted by molar-refractivity contribution is 6.16. The summed E-state index contributed by atoms with van der Waals surface area (Å²) < 4.78 is 5.84. The Labute approximate surface area is 193 Å². The van der Waals surface area contributed by atoms with E-state index in [4.69, 9.17) is 4.74 Å². The second-order valence-corrected chi connectivity index (χ2v) is 8.38. The zero-order valence-corrected chi connectivity index (χ0v) is 18.6. The van der Waals surface area contributed by atoms with Crippen LogP contribution in [0, 0.1) is 5.92 Å². The van der Waals surface area contributed by atoms with E-state index >= 15 is 0 Å². The lowest BCUT2D eigenvalue weighted by molar-refractivity contribution is -0.118. The van der Waals surface area contributed by atoms with E-state index in [0.717, 1.165) is 5.56 Å². The number of Topliss-reactive ketones (excluding diaryl/α,β-unsaturated/α-hetero) is 1. The van der Waals surface area contributed by atoms with E-state index < -0.39 is 17.7 Å². The van der Waals surface area contributed by atoms with Crippen molar-refractivity contribution in [2.75, 3.05) is 4.90 Å². The maximum Gasteiger partial charge on any atom is 0.294 e. The summed E-state index contributed by atoms with van der Waals surface area (Å²) in [4.78, 5) is 31.9. The quantitative estimate of drug-likeness (QED) is 0.520. The lowest BCUT2D eigenvalue weighted by Gasteiger charge is -2.26. The zero-order chi connectivity index (χ0) is 23.4. The number of aliphatic hydroxyl groups excluding tert-OH is 1. The van der Waals surface area contributed by atoms with Crippen LogP contribution < -0.4 is 9.64 Å². The van der Waals surface area contributed by atoms with Crippen molar-refractivity contribution in [1.82, 2.24) is 4.98 Å². The van der Waals surface area contributed by atoms with Crippen molar-refractivity contribution in [1.29, 1.82) is 0 Å². The molecule has 0 radical (unpaired) electrons. The highest BCUT2D eigenvalue weighted by atomic mass is 16.5. The van der Waals surface area contributed by atoms with Crippen LogP contribution in [0.2, 0.25) is 0 Å². The predicted octanol–water partition coefficient (Wildman–Crippen LogP) is 5.18. The topological polar surface area (TPSA) is 79.7 Å². The minimum atomic E-state index is -0.791. The Bertz CT molecular complexity index is 1160. The Morgan fingerprint density at radius 3 is 2.36 bits per heavy atom. The predicted molar refractivity (Wildman–Crippen MR) is 126 cm³/mol. The normalized spacial score (nSPS) is 15.9. The summed E-state index contributed by atoms with van der Waals surface area (Å²) in [6.07, 6.45) is 1.84. The molecule has 1 aliphatic rings. The zero-order valence-electron chi connectivity index (χ0n) is 18.6. The molecule has 6 nitrogen and oxygen atoms in total. The van der Waals surface area contributed by atoms with Gasteiger partial charge in [0.1, 0.15) is 18.4 Å². The number of rotatable bonds is 8. The molecule has 0 saturated heterocycles. The Balaban J connectivity index is 1.63. The van der Waals surface area contributed by atoms with Crippen LogP contribution in [0.3, 0.4) is 0 Å². The van der Waals surface area contributed by atoms with Gasteiger partial charge in [0.25, 0.3) is 5.91 Å². The summed E-state index contributed by atoms with van der Waals surface area (Å²) in [6, 6.07) is 21.4. The molecule has 1 N–H and O–H groups in total. The molecule has 0 aliphatic carbocycles. The highest BCUT2D eigenvalue weighted by Gasteiger charge is 2.44. The average molecular weight is 443 g/mol. The van der Waals surface area contributed by atoms with Gasteiger partial charge in [-0.15, -0.1) is 0 Å². The SMILES string of the molecule is CC(C)CC(=O)C1=C(O)C(=O)N(c2ccc(OCc3ccccc3)cc2)C1c1ccccn1. The maximum atomic E-state index is 13.1. The summed E-state index contributed by atoms with van der Waals surface area (Å²) in [6.45, 7) is 4.28.